The van der Waals surface area contributed by atoms with Crippen LogP contribution in [0.4, 0.5) is 11.4 Å². The Morgan fingerprint density at radius 2 is 2.45 bits per heavy atom. The van der Waals surface area contributed by atoms with Gasteiger partial charge in [-0.15, -0.1) is 0 Å². The molecule has 4 heteroatoms. The van der Waals surface area contributed by atoms with Crippen molar-refractivity contribution < 1.29 is 4.92 Å². The lowest BCUT2D eigenvalue weighted by Crippen LogP contribution is -1.91. The third-order valence-corrected chi connectivity index (χ3v) is 1.27. The third-order valence-electron chi connectivity index (χ3n) is 1.27. The van der Waals surface area contributed by atoms with Gasteiger partial charge in [-0.25, -0.2) is 0 Å². The van der Waals surface area contributed by atoms with E-state index in [2.05, 4.69) is 11.4 Å². The van der Waals surface area contributed by atoms with Crippen LogP contribution in [-0.2, 0) is 0 Å². The summed E-state index contributed by atoms with van der Waals surface area (Å²) in [5.74, 6) is 0. The van der Waals surface area contributed by atoms with E-state index in [1.165, 1.54) is 18.2 Å². The predicted octanol–water partition coefficient (Wildman–Crippen LogP) is 1.44. The number of anilines is 1. The Hall–Kier alpha value is -1.58. The Labute approximate surface area is 64.0 Å². The summed E-state index contributed by atoms with van der Waals surface area (Å²) in [5, 5.41) is 13.0. The fourth-order valence-corrected chi connectivity index (χ4v) is 0.712. The van der Waals surface area contributed by atoms with Crippen LogP contribution >= 0.6 is 0 Å². The lowest BCUT2D eigenvalue weighted by Gasteiger charge is -1.96. The number of hydrogen-bond acceptors (Lipinski definition) is 3. The van der Waals surface area contributed by atoms with Crippen LogP contribution in [0.5, 0.6) is 0 Å². The van der Waals surface area contributed by atoms with Gasteiger partial charge in [-0.2, -0.15) is 0 Å². The van der Waals surface area contributed by atoms with E-state index in [1.807, 2.05) is 0 Å². The zero-order valence-electron chi connectivity index (χ0n) is 6.00. The van der Waals surface area contributed by atoms with E-state index in [4.69, 9.17) is 0 Å². The number of nitro groups is 1. The summed E-state index contributed by atoms with van der Waals surface area (Å²) in [6, 6.07) is 7.15. The standard InChI is InChI=1S/C7H7N2O2/c1-8-6-3-2-4-7(5-6)9(10)11/h2,4-5,8H,1H3. The first-order chi connectivity index (χ1) is 5.24. The number of rotatable bonds is 2. The van der Waals surface area contributed by atoms with E-state index in [-0.39, 0.29) is 5.69 Å². The molecule has 0 saturated carbocycles. The fourth-order valence-electron chi connectivity index (χ4n) is 0.712. The molecule has 0 aliphatic rings. The molecule has 0 spiro atoms. The van der Waals surface area contributed by atoms with E-state index >= 15 is 0 Å². The van der Waals surface area contributed by atoms with Gasteiger partial charge in [0.15, 0.2) is 0 Å². The molecule has 0 saturated heterocycles. The van der Waals surface area contributed by atoms with E-state index in [0.29, 0.717) is 5.69 Å². The van der Waals surface area contributed by atoms with Crippen LogP contribution in [0, 0.1) is 16.2 Å². The molecule has 1 aromatic carbocycles. The van der Waals surface area contributed by atoms with Gasteiger partial charge in [-0.05, 0) is 6.07 Å². The van der Waals surface area contributed by atoms with E-state index in [9.17, 15) is 10.1 Å². The first-order valence-corrected chi connectivity index (χ1v) is 3.08. The first-order valence-electron chi connectivity index (χ1n) is 3.08. The predicted molar refractivity (Wildman–Crippen MR) is 41.5 cm³/mol. The molecule has 0 fully saturated rings. The lowest BCUT2D eigenvalue weighted by atomic mass is 10.3. The summed E-state index contributed by atoms with van der Waals surface area (Å²) in [7, 11) is 1.69. The van der Waals surface area contributed by atoms with Gasteiger partial charge in [0.2, 0.25) is 0 Å². The molecule has 0 amide bonds. The molecule has 1 aromatic rings. The minimum absolute atomic E-state index is 0.0769. The van der Waals surface area contributed by atoms with Gasteiger partial charge in [-0.3, -0.25) is 10.1 Å². The van der Waals surface area contributed by atoms with Crippen LogP contribution in [0.3, 0.4) is 0 Å². The summed E-state index contributed by atoms with van der Waals surface area (Å²) >= 11 is 0. The first kappa shape index (κ1) is 7.53. The summed E-state index contributed by atoms with van der Waals surface area (Å²) in [6.07, 6.45) is 0. The Balaban J connectivity index is 3.01. The topological polar surface area (TPSA) is 55.2 Å². The number of nitrogens with one attached hydrogen (secondary N) is 1. The van der Waals surface area contributed by atoms with Gasteiger partial charge in [-0.1, -0.05) is 0 Å². The molecule has 0 aliphatic carbocycles. The minimum Gasteiger partial charge on any atom is -0.387 e. The highest BCUT2D eigenvalue weighted by Crippen LogP contribution is 2.15. The molecule has 11 heavy (non-hydrogen) atoms. The number of benzene rings is 1. The van der Waals surface area contributed by atoms with Crippen molar-refractivity contribution in [3.63, 3.8) is 0 Å². The third kappa shape index (κ3) is 1.67. The van der Waals surface area contributed by atoms with Crippen molar-refractivity contribution in [3.8, 4) is 0 Å². The molecule has 57 valence electrons. The molecular formula is C7H7N2O2. The number of hydrogen-bond donors (Lipinski definition) is 1. The van der Waals surface area contributed by atoms with Crippen molar-refractivity contribution in [2.45, 2.75) is 0 Å². The van der Waals surface area contributed by atoms with Crippen molar-refractivity contribution in [2.24, 2.45) is 0 Å². The van der Waals surface area contributed by atoms with Gasteiger partial charge < -0.3 is 5.32 Å². The molecular weight excluding hydrogens is 144 g/mol. The maximum atomic E-state index is 10.2. The second kappa shape index (κ2) is 3.01. The highest BCUT2D eigenvalue weighted by atomic mass is 16.6. The van der Waals surface area contributed by atoms with Crippen LogP contribution in [-0.4, -0.2) is 12.0 Å². The fraction of sp³-hybridized carbons (Fsp3) is 0.143. The van der Waals surface area contributed by atoms with Crippen LogP contribution in [0.1, 0.15) is 0 Å². The summed E-state index contributed by atoms with van der Waals surface area (Å²) in [6.45, 7) is 0. The average molecular weight is 151 g/mol. The van der Waals surface area contributed by atoms with E-state index in [1.54, 1.807) is 7.05 Å². The summed E-state index contributed by atoms with van der Waals surface area (Å²) in [5.41, 5.74) is 0.701. The molecule has 0 atom stereocenters. The maximum absolute atomic E-state index is 10.2. The molecule has 0 heterocycles. The lowest BCUT2D eigenvalue weighted by molar-refractivity contribution is -0.384. The maximum Gasteiger partial charge on any atom is 0.271 e. The number of nitro benzene ring substituents is 1. The van der Waals surface area contributed by atoms with Crippen LogP contribution in [0.15, 0.2) is 18.2 Å². The van der Waals surface area contributed by atoms with Crippen LogP contribution in [0.2, 0.25) is 0 Å². The molecule has 4 nitrogen and oxygen atoms in total. The van der Waals surface area contributed by atoms with Crippen molar-refractivity contribution in [1.29, 1.82) is 0 Å². The molecule has 1 N–H and O–H groups in total. The van der Waals surface area contributed by atoms with Crippen molar-refractivity contribution in [1.82, 2.24) is 0 Å². The number of nitrogens with zero attached hydrogens (tertiary/aromatic N) is 1. The quantitative estimate of drug-likeness (QED) is 0.514. The summed E-state index contributed by atoms with van der Waals surface area (Å²) < 4.78 is 0. The zero-order valence-corrected chi connectivity index (χ0v) is 6.00. The monoisotopic (exact) mass is 151 g/mol. The number of non-ortho nitro benzene ring substituents is 1. The van der Waals surface area contributed by atoms with Crippen LogP contribution < -0.4 is 5.32 Å². The van der Waals surface area contributed by atoms with Gasteiger partial charge in [0.1, 0.15) is 0 Å². The summed E-state index contributed by atoms with van der Waals surface area (Å²) in [4.78, 5) is 9.80. The van der Waals surface area contributed by atoms with E-state index in [0.717, 1.165) is 0 Å². The Morgan fingerprint density at radius 1 is 1.73 bits per heavy atom. The molecule has 0 bridgehead atoms. The second-order valence-corrected chi connectivity index (χ2v) is 1.97. The normalized spacial score (nSPS) is 9.18. The minimum atomic E-state index is -0.436. The van der Waals surface area contributed by atoms with E-state index < -0.39 is 4.92 Å². The van der Waals surface area contributed by atoms with Crippen molar-refractivity contribution in [3.05, 3.63) is 34.4 Å². The highest BCUT2D eigenvalue weighted by molar-refractivity contribution is 5.49. The largest absolute Gasteiger partial charge is 0.387 e. The molecule has 1 radical (unpaired) electrons. The smallest absolute Gasteiger partial charge is 0.271 e. The second-order valence-electron chi connectivity index (χ2n) is 1.97. The Kier molecular flexibility index (Phi) is 2.06. The highest BCUT2D eigenvalue weighted by Gasteiger charge is 2.03. The molecule has 0 aromatic heterocycles. The van der Waals surface area contributed by atoms with Gasteiger partial charge in [0.25, 0.3) is 5.69 Å². The van der Waals surface area contributed by atoms with Crippen molar-refractivity contribution >= 4 is 11.4 Å². The average Bonchev–Trinajstić information content (AvgIpc) is 2.05. The SMILES string of the molecule is CNc1[c]ccc([N+](=O)[O-])c1. The van der Waals surface area contributed by atoms with Crippen molar-refractivity contribution in [2.75, 3.05) is 12.4 Å². The zero-order chi connectivity index (χ0) is 8.27. The van der Waals surface area contributed by atoms with Gasteiger partial charge in [0.05, 0.1) is 4.92 Å². The molecule has 0 aliphatic heterocycles. The Bertz CT molecular complexity index is 273. The molecule has 1 rings (SSSR count). The van der Waals surface area contributed by atoms with Crippen LogP contribution in [0.25, 0.3) is 0 Å². The van der Waals surface area contributed by atoms with Gasteiger partial charge >= 0.3 is 0 Å². The molecule has 0 unspecified atom stereocenters. The van der Waals surface area contributed by atoms with Gasteiger partial charge in [0, 0.05) is 30.9 Å². The Morgan fingerprint density at radius 3 is 3.00 bits per heavy atom.